The molecule has 1 aromatic carbocycles. The topological polar surface area (TPSA) is 102 Å². The largest absolute Gasteiger partial charge is 0.399 e. The molecule has 0 amide bonds. The van der Waals surface area contributed by atoms with Gasteiger partial charge in [0.25, 0.3) is 0 Å². The van der Waals surface area contributed by atoms with Gasteiger partial charge in [0.1, 0.15) is 10.7 Å². The Kier molecular flexibility index (Phi) is 5.03. The molecule has 18 heavy (non-hydrogen) atoms. The molecule has 0 aliphatic heterocycles. The van der Waals surface area contributed by atoms with Crippen LogP contribution in [0.3, 0.4) is 0 Å². The van der Waals surface area contributed by atoms with E-state index < -0.39 is 33.4 Å². The molecule has 0 bridgehead atoms. The number of aliphatic hydroxyl groups is 1. The van der Waals surface area contributed by atoms with Gasteiger partial charge >= 0.3 is 0 Å². The van der Waals surface area contributed by atoms with Crippen LogP contribution >= 0.6 is 0 Å². The Labute approximate surface area is 105 Å². The zero-order chi connectivity index (χ0) is 13.8. The van der Waals surface area contributed by atoms with E-state index in [1.165, 1.54) is 13.2 Å². The van der Waals surface area contributed by atoms with Crippen molar-refractivity contribution in [3.8, 4) is 0 Å². The third-order valence-electron chi connectivity index (χ3n) is 2.15. The van der Waals surface area contributed by atoms with E-state index in [0.29, 0.717) is 0 Å². The number of hydrogen-bond acceptors (Lipinski definition) is 5. The van der Waals surface area contributed by atoms with Crippen LogP contribution in [0.2, 0.25) is 0 Å². The summed E-state index contributed by atoms with van der Waals surface area (Å²) in [6.45, 7) is -0.489. The average molecular weight is 278 g/mol. The minimum absolute atomic E-state index is 0.0281. The summed E-state index contributed by atoms with van der Waals surface area (Å²) in [5.41, 5.74) is 5.54. The van der Waals surface area contributed by atoms with Crippen molar-refractivity contribution in [2.75, 3.05) is 26.1 Å². The smallest absolute Gasteiger partial charge is 0.243 e. The average Bonchev–Trinajstić information content (AvgIpc) is 2.31. The summed E-state index contributed by atoms with van der Waals surface area (Å²) in [4.78, 5) is -0.558. The first-order valence-corrected chi connectivity index (χ1v) is 6.56. The molecular formula is C10H15FN2O4S. The van der Waals surface area contributed by atoms with Gasteiger partial charge in [0.05, 0.1) is 19.3 Å². The predicted molar refractivity (Wildman–Crippen MR) is 63.9 cm³/mol. The highest BCUT2D eigenvalue weighted by Gasteiger charge is 2.23. The summed E-state index contributed by atoms with van der Waals surface area (Å²) in [6.07, 6.45) is 0. The van der Waals surface area contributed by atoms with Crippen molar-refractivity contribution in [3.05, 3.63) is 24.0 Å². The molecule has 0 saturated carbocycles. The summed E-state index contributed by atoms with van der Waals surface area (Å²) in [7, 11) is -2.73. The van der Waals surface area contributed by atoms with Gasteiger partial charge in [0.15, 0.2) is 0 Å². The molecule has 4 N–H and O–H groups in total. The Balaban J connectivity index is 3.02. The Morgan fingerprint density at radius 3 is 2.78 bits per heavy atom. The normalized spacial score (nSPS) is 13.5. The Bertz CT molecular complexity index is 507. The molecule has 0 fully saturated rings. The molecule has 0 radical (unpaired) electrons. The summed E-state index contributed by atoms with van der Waals surface area (Å²) in [5, 5.41) is 8.97. The lowest BCUT2D eigenvalue weighted by molar-refractivity contribution is 0.139. The van der Waals surface area contributed by atoms with Gasteiger partial charge in [-0.15, -0.1) is 0 Å². The number of sulfonamides is 1. The first kappa shape index (κ1) is 14.8. The quantitative estimate of drug-likeness (QED) is 0.620. The number of halogens is 1. The van der Waals surface area contributed by atoms with Crippen LogP contribution in [-0.4, -0.2) is 39.9 Å². The molecule has 0 spiro atoms. The van der Waals surface area contributed by atoms with Crippen molar-refractivity contribution >= 4 is 15.7 Å². The maximum Gasteiger partial charge on any atom is 0.243 e. The number of nitrogens with two attached hydrogens (primary N) is 1. The number of nitrogens with one attached hydrogen (secondary N) is 1. The summed E-state index contributed by atoms with van der Waals surface area (Å²) in [5.74, 6) is -0.911. The van der Waals surface area contributed by atoms with Crippen LogP contribution in [0.15, 0.2) is 23.1 Å². The maximum absolute atomic E-state index is 13.4. The molecule has 102 valence electrons. The maximum atomic E-state index is 13.4. The van der Waals surface area contributed by atoms with Gasteiger partial charge in [0, 0.05) is 12.8 Å². The summed E-state index contributed by atoms with van der Waals surface area (Å²) in [6, 6.07) is 2.39. The SMILES string of the molecule is COCC(CO)NS(=O)(=O)c1cc(N)ccc1F. The molecule has 0 aromatic heterocycles. The Morgan fingerprint density at radius 2 is 2.22 bits per heavy atom. The van der Waals surface area contributed by atoms with E-state index >= 15 is 0 Å². The molecule has 0 saturated heterocycles. The molecule has 0 heterocycles. The Morgan fingerprint density at radius 1 is 1.56 bits per heavy atom. The minimum Gasteiger partial charge on any atom is -0.399 e. The van der Waals surface area contributed by atoms with Gasteiger partial charge in [-0.3, -0.25) is 0 Å². The van der Waals surface area contributed by atoms with Crippen LogP contribution in [-0.2, 0) is 14.8 Å². The summed E-state index contributed by atoms with van der Waals surface area (Å²) >= 11 is 0. The number of benzene rings is 1. The van der Waals surface area contributed by atoms with E-state index in [0.717, 1.165) is 12.1 Å². The van der Waals surface area contributed by atoms with Gasteiger partial charge in [-0.2, -0.15) is 0 Å². The molecule has 1 rings (SSSR count). The number of ether oxygens (including phenoxy) is 1. The third-order valence-corrected chi connectivity index (χ3v) is 3.69. The lowest BCUT2D eigenvalue weighted by atomic mass is 10.3. The number of rotatable bonds is 6. The molecule has 8 heteroatoms. The molecule has 0 aliphatic rings. The monoisotopic (exact) mass is 278 g/mol. The van der Waals surface area contributed by atoms with Crippen LogP contribution in [0, 0.1) is 5.82 Å². The van der Waals surface area contributed by atoms with E-state index in [4.69, 9.17) is 15.6 Å². The number of hydrogen-bond donors (Lipinski definition) is 3. The second kappa shape index (κ2) is 6.10. The molecule has 1 aromatic rings. The summed E-state index contributed by atoms with van der Waals surface area (Å²) < 4.78 is 44.0. The van der Waals surface area contributed by atoms with Crippen LogP contribution in [0.4, 0.5) is 10.1 Å². The number of nitrogen functional groups attached to an aromatic ring is 1. The van der Waals surface area contributed by atoms with Crippen LogP contribution in [0.5, 0.6) is 0 Å². The second-order valence-corrected chi connectivity index (χ2v) is 5.33. The molecular weight excluding hydrogens is 263 g/mol. The zero-order valence-electron chi connectivity index (χ0n) is 9.76. The standard InChI is InChI=1S/C10H15FN2O4S/c1-17-6-8(5-14)13-18(15,16)10-4-7(12)2-3-9(10)11/h2-4,8,13-14H,5-6,12H2,1H3. The van der Waals surface area contributed by atoms with E-state index in [1.54, 1.807) is 0 Å². The lowest BCUT2D eigenvalue weighted by Gasteiger charge is -2.15. The highest BCUT2D eigenvalue weighted by molar-refractivity contribution is 7.89. The van der Waals surface area contributed by atoms with Crippen molar-refractivity contribution in [1.29, 1.82) is 0 Å². The number of aliphatic hydroxyl groups excluding tert-OH is 1. The van der Waals surface area contributed by atoms with Gasteiger partial charge in [0.2, 0.25) is 10.0 Å². The fourth-order valence-corrected chi connectivity index (χ4v) is 2.66. The Hall–Kier alpha value is -1.22. The first-order valence-electron chi connectivity index (χ1n) is 5.08. The van der Waals surface area contributed by atoms with Crippen LogP contribution in [0.25, 0.3) is 0 Å². The predicted octanol–water partition coefficient (Wildman–Crippen LogP) is -0.306. The van der Waals surface area contributed by atoms with Gasteiger partial charge < -0.3 is 15.6 Å². The molecule has 6 nitrogen and oxygen atoms in total. The van der Waals surface area contributed by atoms with E-state index in [2.05, 4.69) is 4.72 Å². The van der Waals surface area contributed by atoms with E-state index in [1.807, 2.05) is 0 Å². The minimum atomic E-state index is -4.09. The molecule has 1 atom stereocenters. The van der Waals surface area contributed by atoms with E-state index in [-0.39, 0.29) is 12.3 Å². The van der Waals surface area contributed by atoms with Crippen molar-refractivity contribution < 1.29 is 22.7 Å². The van der Waals surface area contributed by atoms with Crippen LogP contribution in [0.1, 0.15) is 0 Å². The zero-order valence-corrected chi connectivity index (χ0v) is 10.6. The van der Waals surface area contributed by atoms with Crippen molar-refractivity contribution in [2.45, 2.75) is 10.9 Å². The fourth-order valence-electron chi connectivity index (χ4n) is 1.33. The van der Waals surface area contributed by atoms with Crippen molar-refractivity contribution in [3.63, 3.8) is 0 Å². The lowest BCUT2D eigenvalue weighted by Crippen LogP contribution is -2.40. The number of methoxy groups -OCH3 is 1. The van der Waals surface area contributed by atoms with E-state index in [9.17, 15) is 12.8 Å². The molecule has 0 aliphatic carbocycles. The fraction of sp³-hybridized carbons (Fsp3) is 0.400. The highest BCUT2D eigenvalue weighted by Crippen LogP contribution is 2.17. The highest BCUT2D eigenvalue weighted by atomic mass is 32.2. The van der Waals surface area contributed by atoms with Crippen LogP contribution < -0.4 is 10.5 Å². The second-order valence-electron chi connectivity index (χ2n) is 3.65. The third kappa shape index (κ3) is 3.64. The first-order chi connectivity index (χ1) is 8.40. The van der Waals surface area contributed by atoms with Gasteiger partial charge in [-0.25, -0.2) is 17.5 Å². The number of anilines is 1. The van der Waals surface area contributed by atoms with Crippen molar-refractivity contribution in [1.82, 2.24) is 4.72 Å². The van der Waals surface area contributed by atoms with Gasteiger partial charge in [-0.05, 0) is 18.2 Å². The van der Waals surface area contributed by atoms with Gasteiger partial charge in [-0.1, -0.05) is 0 Å². The van der Waals surface area contributed by atoms with Crippen molar-refractivity contribution in [2.24, 2.45) is 0 Å². The molecule has 1 unspecified atom stereocenters.